The highest BCUT2D eigenvalue weighted by Crippen LogP contribution is 2.27. The molecule has 2 aromatic rings. The van der Waals surface area contributed by atoms with E-state index in [1.165, 1.54) is 11.1 Å². The largest absolute Gasteiger partial charge is 0.325 e. The molecule has 0 bridgehead atoms. The van der Waals surface area contributed by atoms with Crippen LogP contribution in [0.1, 0.15) is 43.4 Å². The summed E-state index contributed by atoms with van der Waals surface area (Å²) in [7, 11) is 0. The smallest absolute Gasteiger partial charge is 0.227 e. The monoisotopic (exact) mass is 418 g/mol. The Kier molecular flexibility index (Phi) is 7.39. The van der Waals surface area contributed by atoms with Crippen molar-refractivity contribution in [3.63, 3.8) is 0 Å². The second-order valence-corrected chi connectivity index (χ2v) is 8.26. The van der Waals surface area contributed by atoms with Crippen LogP contribution in [-0.2, 0) is 24.2 Å². The summed E-state index contributed by atoms with van der Waals surface area (Å²) in [5.74, 6) is 0.226. The summed E-state index contributed by atoms with van der Waals surface area (Å²) < 4.78 is 0. The third kappa shape index (κ3) is 5.08. The average Bonchev–Trinajstić information content (AvgIpc) is 2.71. The molecule has 3 rings (SSSR count). The van der Waals surface area contributed by atoms with E-state index in [-0.39, 0.29) is 11.8 Å². The third-order valence-corrected chi connectivity index (χ3v) is 6.33. The fourth-order valence-electron chi connectivity index (χ4n) is 3.88. The van der Waals surface area contributed by atoms with E-state index < -0.39 is 0 Å². The van der Waals surface area contributed by atoms with Crippen molar-refractivity contribution >= 4 is 34.8 Å². The van der Waals surface area contributed by atoms with Gasteiger partial charge in [0.15, 0.2) is 0 Å². The second-order valence-electron chi connectivity index (χ2n) is 7.45. The number of nitrogens with one attached hydrogen (secondary N) is 1. The Morgan fingerprint density at radius 3 is 2.25 bits per heavy atom. The summed E-state index contributed by atoms with van der Waals surface area (Å²) in [5, 5.41) is 4.41. The first-order chi connectivity index (χ1) is 13.5. The lowest BCUT2D eigenvalue weighted by Gasteiger charge is -2.31. The Hall–Kier alpha value is -1.55. The number of aryl methyl sites for hydroxylation is 2. The SMILES string of the molecule is CCc1cccc(CC)c1NC(=O)C1CCN(Cc2ccc(Cl)c(Cl)c2)CC1. The number of benzene rings is 2. The Balaban J connectivity index is 1.57. The third-order valence-electron chi connectivity index (χ3n) is 5.60. The van der Waals surface area contributed by atoms with Gasteiger partial charge in [-0.15, -0.1) is 0 Å². The van der Waals surface area contributed by atoms with Crippen LogP contribution in [0.4, 0.5) is 5.69 Å². The van der Waals surface area contributed by atoms with E-state index in [2.05, 4.69) is 42.3 Å². The number of likely N-dealkylation sites (tertiary alicyclic amines) is 1. The van der Waals surface area contributed by atoms with Gasteiger partial charge in [0.05, 0.1) is 10.0 Å². The van der Waals surface area contributed by atoms with Crippen LogP contribution >= 0.6 is 23.2 Å². The van der Waals surface area contributed by atoms with Gasteiger partial charge in [0, 0.05) is 18.2 Å². The molecular formula is C23H28Cl2N2O. The summed E-state index contributed by atoms with van der Waals surface area (Å²) in [6, 6.07) is 12.1. The Morgan fingerprint density at radius 2 is 1.68 bits per heavy atom. The number of hydrogen-bond acceptors (Lipinski definition) is 2. The van der Waals surface area contributed by atoms with Crippen molar-refractivity contribution in [2.75, 3.05) is 18.4 Å². The molecule has 1 heterocycles. The van der Waals surface area contributed by atoms with Crippen molar-refractivity contribution in [2.45, 2.75) is 46.1 Å². The fraction of sp³-hybridized carbons (Fsp3) is 0.435. The summed E-state index contributed by atoms with van der Waals surface area (Å²) >= 11 is 12.1. The summed E-state index contributed by atoms with van der Waals surface area (Å²) in [6.07, 6.45) is 3.60. The van der Waals surface area contributed by atoms with Crippen LogP contribution < -0.4 is 5.32 Å². The average molecular weight is 419 g/mol. The van der Waals surface area contributed by atoms with Crippen molar-refractivity contribution in [1.82, 2.24) is 4.90 Å². The highest BCUT2D eigenvalue weighted by Gasteiger charge is 2.26. The van der Waals surface area contributed by atoms with E-state index in [9.17, 15) is 4.79 Å². The number of amides is 1. The topological polar surface area (TPSA) is 32.3 Å². The Bertz CT molecular complexity index is 807. The number of rotatable bonds is 6. The van der Waals surface area contributed by atoms with Crippen LogP contribution in [0.2, 0.25) is 10.0 Å². The fourth-order valence-corrected chi connectivity index (χ4v) is 4.20. The van der Waals surface area contributed by atoms with Gasteiger partial charge < -0.3 is 5.32 Å². The van der Waals surface area contributed by atoms with Gasteiger partial charge in [-0.2, -0.15) is 0 Å². The first kappa shape index (κ1) is 21.2. The van der Waals surface area contributed by atoms with Crippen molar-refractivity contribution in [3.8, 4) is 0 Å². The Labute approximate surface area is 178 Å². The molecule has 28 heavy (non-hydrogen) atoms. The molecule has 3 nitrogen and oxygen atoms in total. The van der Waals surface area contributed by atoms with Gasteiger partial charge in [-0.05, 0) is 67.6 Å². The lowest BCUT2D eigenvalue weighted by atomic mass is 9.94. The van der Waals surface area contributed by atoms with Gasteiger partial charge in [-0.3, -0.25) is 9.69 Å². The lowest BCUT2D eigenvalue weighted by Crippen LogP contribution is -2.38. The van der Waals surface area contributed by atoms with E-state index in [1.54, 1.807) is 0 Å². The molecule has 0 spiro atoms. The van der Waals surface area contributed by atoms with E-state index in [0.717, 1.165) is 56.6 Å². The molecule has 1 aliphatic heterocycles. The van der Waals surface area contributed by atoms with Crippen LogP contribution in [0.15, 0.2) is 36.4 Å². The molecule has 150 valence electrons. The zero-order chi connectivity index (χ0) is 20.1. The van der Waals surface area contributed by atoms with Crippen LogP contribution in [-0.4, -0.2) is 23.9 Å². The number of hydrogen-bond donors (Lipinski definition) is 1. The minimum absolute atomic E-state index is 0.0691. The van der Waals surface area contributed by atoms with Gasteiger partial charge in [-0.1, -0.05) is 61.3 Å². The predicted molar refractivity (Wildman–Crippen MR) is 118 cm³/mol. The molecule has 2 aromatic carbocycles. The second kappa shape index (κ2) is 9.78. The van der Waals surface area contributed by atoms with Crippen LogP contribution in [0.3, 0.4) is 0 Å². The molecule has 1 amide bonds. The first-order valence-corrected chi connectivity index (χ1v) is 10.8. The zero-order valence-electron chi connectivity index (χ0n) is 16.6. The number of para-hydroxylation sites is 1. The first-order valence-electron chi connectivity index (χ1n) is 10.1. The molecule has 0 unspecified atom stereocenters. The van der Waals surface area contributed by atoms with Crippen LogP contribution in [0.25, 0.3) is 0 Å². The maximum absolute atomic E-state index is 12.9. The molecule has 1 saturated heterocycles. The normalized spacial score (nSPS) is 15.6. The zero-order valence-corrected chi connectivity index (χ0v) is 18.1. The number of carbonyl (C=O) groups excluding carboxylic acids is 1. The molecule has 0 radical (unpaired) electrons. The minimum Gasteiger partial charge on any atom is -0.325 e. The number of carbonyl (C=O) groups is 1. The maximum atomic E-state index is 12.9. The maximum Gasteiger partial charge on any atom is 0.227 e. The van der Waals surface area contributed by atoms with Crippen molar-refractivity contribution in [2.24, 2.45) is 5.92 Å². The van der Waals surface area contributed by atoms with Gasteiger partial charge in [-0.25, -0.2) is 0 Å². The summed E-state index contributed by atoms with van der Waals surface area (Å²) in [5.41, 5.74) is 4.60. The molecule has 0 aromatic heterocycles. The van der Waals surface area contributed by atoms with Gasteiger partial charge in [0.25, 0.3) is 0 Å². The van der Waals surface area contributed by atoms with Crippen LogP contribution in [0, 0.1) is 5.92 Å². The van der Waals surface area contributed by atoms with E-state index >= 15 is 0 Å². The van der Waals surface area contributed by atoms with Crippen molar-refractivity contribution in [1.29, 1.82) is 0 Å². The van der Waals surface area contributed by atoms with E-state index in [4.69, 9.17) is 23.2 Å². The Morgan fingerprint density at radius 1 is 1.04 bits per heavy atom. The molecule has 1 aliphatic rings. The predicted octanol–water partition coefficient (Wildman–Crippen LogP) is 5.97. The standard InChI is InChI=1S/C23H28Cl2N2O/c1-3-17-6-5-7-18(4-2)22(17)26-23(28)19-10-12-27(13-11-19)15-16-8-9-20(24)21(25)14-16/h5-9,14,19H,3-4,10-13,15H2,1-2H3,(H,26,28). The van der Waals surface area contributed by atoms with Crippen molar-refractivity contribution in [3.05, 3.63) is 63.1 Å². The van der Waals surface area contributed by atoms with Gasteiger partial charge in [0.2, 0.25) is 5.91 Å². The molecule has 1 N–H and O–H groups in total. The number of nitrogens with zero attached hydrogens (tertiary/aromatic N) is 1. The quantitative estimate of drug-likeness (QED) is 0.626. The number of anilines is 1. The van der Waals surface area contributed by atoms with Crippen LogP contribution in [0.5, 0.6) is 0 Å². The van der Waals surface area contributed by atoms with Gasteiger partial charge in [0.1, 0.15) is 0 Å². The molecular weight excluding hydrogens is 391 g/mol. The molecule has 0 atom stereocenters. The van der Waals surface area contributed by atoms with Crippen molar-refractivity contribution < 1.29 is 4.79 Å². The molecule has 5 heteroatoms. The summed E-state index contributed by atoms with van der Waals surface area (Å²) in [6.45, 7) is 6.92. The van der Waals surface area contributed by atoms with E-state index in [1.807, 2.05) is 18.2 Å². The minimum atomic E-state index is 0.0691. The highest BCUT2D eigenvalue weighted by atomic mass is 35.5. The van der Waals surface area contributed by atoms with Gasteiger partial charge >= 0.3 is 0 Å². The number of piperidine rings is 1. The molecule has 1 fully saturated rings. The molecule has 0 saturated carbocycles. The number of halogens is 2. The lowest BCUT2D eigenvalue weighted by molar-refractivity contribution is -0.121. The highest BCUT2D eigenvalue weighted by molar-refractivity contribution is 6.42. The molecule has 0 aliphatic carbocycles. The summed E-state index contributed by atoms with van der Waals surface area (Å²) in [4.78, 5) is 15.3. The van der Waals surface area contributed by atoms with E-state index in [0.29, 0.717) is 10.0 Å².